The van der Waals surface area contributed by atoms with E-state index in [1.807, 2.05) is 0 Å². The van der Waals surface area contributed by atoms with E-state index in [0.29, 0.717) is 18.4 Å². The molecule has 4 nitrogen and oxygen atoms in total. The van der Waals surface area contributed by atoms with Crippen molar-refractivity contribution in [3.05, 3.63) is 47.2 Å². The van der Waals surface area contributed by atoms with Crippen molar-refractivity contribution in [2.24, 2.45) is 0 Å². The van der Waals surface area contributed by atoms with Crippen LogP contribution in [0.2, 0.25) is 0 Å². The molecule has 1 aromatic heterocycles. The number of rotatable bonds is 3. The highest BCUT2D eigenvalue weighted by atomic mass is 32.2. The number of sulfonamides is 1. The van der Waals surface area contributed by atoms with Crippen molar-refractivity contribution < 1.29 is 17.2 Å². The van der Waals surface area contributed by atoms with Crippen molar-refractivity contribution in [1.29, 1.82) is 0 Å². The van der Waals surface area contributed by atoms with Crippen LogP contribution >= 0.6 is 11.5 Å². The van der Waals surface area contributed by atoms with E-state index in [9.17, 15) is 17.2 Å². The second kappa shape index (κ2) is 4.87. The minimum atomic E-state index is -3.76. The third-order valence-electron chi connectivity index (χ3n) is 3.25. The average Bonchev–Trinajstić information content (AvgIpc) is 3.03. The molecule has 3 rings (SSSR count). The molecule has 1 N–H and O–H groups in total. The summed E-state index contributed by atoms with van der Waals surface area (Å²) >= 11 is 0.834. The van der Waals surface area contributed by atoms with Crippen LogP contribution in [0.4, 0.5) is 8.78 Å². The molecule has 106 valence electrons. The highest BCUT2D eigenvalue weighted by Gasteiger charge is 2.31. The Morgan fingerprint density at radius 3 is 2.80 bits per heavy atom. The normalized spacial score (nSPS) is 18.2. The first kappa shape index (κ1) is 13.6. The molecule has 1 aliphatic carbocycles. The van der Waals surface area contributed by atoms with Crippen molar-refractivity contribution in [3.8, 4) is 0 Å². The van der Waals surface area contributed by atoms with Gasteiger partial charge in [-0.1, -0.05) is 6.07 Å². The van der Waals surface area contributed by atoms with E-state index < -0.39 is 27.7 Å². The summed E-state index contributed by atoms with van der Waals surface area (Å²) in [6, 6.07) is 3.18. The maximum absolute atomic E-state index is 13.9. The Labute approximate surface area is 118 Å². The topological polar surface area (TPSA) is 59.1 Å². The lowest BCUT2D eigenvalue weighted by molar-refractivity contribution is 0.484. The maximum atomic E-state index is 13.9. The van der Waals surface area contributed by atoms with Gasteiger partial charge < -0.3 is 0 Å². The van der Waals surface area contributed by atoms with Gasteiger partial charge in [0.25, 0.3) is 10.0 Å². The first-order chi connectivity index (χ1) is 9.49. The second-order valence-electron chi connectivity index (χ2n) is 4.48. The van der Waals surface area contributed by atoms with Crippen molar-refractivity contribution in [2.45, 2.75) is 23.1 Å². The maximum Gasteiger partial charge on any atom is 0.252 e. The monoisotopic (exact) mass is 316 g/mol. The molecule has 0 saturated carbocycles. The van der Waals surface area contributed by atoms with E-state index in [2.05, 4.69) is 9.10 Å². The number of aryl methyl sites for hydroxylation is 1. The molecule has 0 amide bonds. The molecule has 1 heterocycles. The number of fused-ring (bicyclic) bond motifs is 1. The highest BCUT2D eigenvalue weighted by molar-refractivity contribution is 7.91. The molecular formula is C12H10F2N2O2S2. The fourth-order valence-electron chi connectivity index (χ4n) is 2.35. The van der Waals surface area contributed by atoms with E-state index >= 15 is 0 Å². The Morgan fingerprint density at radius 1 is 1.30 bits per heavy atom. The third kappa shape index (κ3) is 2.23. The first-order valence-electron chi connectivity index (χ1n) is 5.89. The summed E-state index contributed by atoms with van der Waals surface area (Å²) in [4.78, 5) is 0. The zero-order valence-corrected chi connectivity index (χ0v) is 11.8. The Morgan fingerprint density at radius 2 is 2.10 bits per heavy atom. The number of nitrogens with zero attached hydrogens (tertiary/aromatic N) is 1. The Hall–Kier alpha value is -1.38. The Kier molecular flexibility index (Phi) is 3.31. The molecule has 0 fully saturated rings. The average molecular weight is 316 g/mol. The van der Waals surface area contributed by atoms with Gasteiger partial charge in [-0.25, -0.2) is 21.9 Å². The molecule has 1 aromatic carbocycles. The van der Waals surface area contributed by atoms with E-state index in [1.54, 1.807) is 0 Å². The molecule has 2 aromatic rings. The van der Waals surface area contributed by atoms with Crippen LogP contribution in [0.15, 0.2) is 28.6 Å². The Balaban J connectivity index is 1.95. The lowest BCUT2D eigenvalue weighted by Crippen LogP contribution is -2.27. The number of halogens is 2. The van der Waals surface area contributed by atoms with Gasteiger partial charge in [-0.2, -0.15) is 4.37 Å². The van der Waals surface area contributed by atoms with Crippen LogP contribution in [-0.4, -0.2) is 12.8 Å². The van der Waals surface area contributed by atoms with Crippen molar-refractivity contribution in [1.82, 2.24) is 9.10 Å². The number of hydrogen-bond donors (Lipinski definition) is 1. The van der Waals surface area contributed by atoms with Gasteiger partial charge in [0, 0.05) is 11.8 Å². The molecule has 20 heavy (non-hydrogen) atoms. The van der Waals surface area contributed by atoms with Gasteiger partial charge in [0.15, 0.2) is 15.8 Å². The molecule has 8 heteroatoms. The summed E-state index contributed by atoms with van der Waals surface area (Å²) in [6.45, 7) is 0. The van der Waals surface area contributed by atoms with Crippen LogP contribution in [0.5, 0.6) is 0 Å². The zero-order chi connectivity index (χ0) is 14.3. The lowest BCUT2D eigenvalue weighted by Gasteiger charge is -2.14. The van der Waals surface area contributed by atoms with Gasteiger partial charge in [-0.05, 0) is 42.1 Å². The second-order valence-corrected chi connectivity index (χ2v) is 7.25. The van der Waals surface area contributed by atoms with Crippen molar-refractivity contribution in [3.63, 3.8) is 0 Å². The van der Waals surface area contributed by atoms with E-state index in [0.717, 1.165) is 17.6 Å². The summed E-state index contributed by atoms with van der Waals surface area (Å²) < 4.78 is 57.5. The predicted octanol–water partition coefficient (Wildman–Crippen LogP) is 2.39. The molecule has 1 unspecified atom stereocenters. The third-order valence-corrected chi connectivity index (χ3v) is 5.94. The standard InChI is InChI=1S/C12H10F2N2O2S2/c13-8-3-1-7-2-4-9(11(7)12(8)14)16-20(17,18)10-5-6-15-19-10/h1,3,5-6,9,16H,2,4H2. The summed E-state index contributed by atoms with van der Waals surface area (Å²) in [6.07, 6.45) is 2.30. The smallest absolute Gasteiger partial charge is 0.206 e. The Bertz CT molecular complexity index is 745. The number of hydrogen-bond acceptors (Lipinski definition) is 4. The molecule has 1 atom stereocenters. The van der Waals surface area contributed by atoms with Crippen LogP contribution in [0, 0.1) is 11.6 Å². The summed E-state index contributed by atoms with van der Waals surface area (Å²) in [5.74, 6) is -1.94. The largest absolute Gasteiger partial charge is 0.252 e. The van der Waals surface area contributed by atoms with Gasteiger partial charge in [0.1, 0.15) is 0 Å². The van der Waals surface area contributed by atoms with E-state index in [1.165, 1.54) is 18.3 Å². The fraction of sp³-hybridized carbons (Fsp3) is 0.250. The fourth-order valence-corrected chi connectivity index (χ4v) is 4.33. The highest BCUT2D eigenvalue weighted by Crippen LogP contribution is 2.35. The number of nitrogens with one attached hydrogen (secondary N) is 1. The zero-order valence-electron chi connectivity index (χ0n) is 10.1. The van der Waals surface area contributed by atoms with Crippen LogP contribution in [0.25, 0.3) is 0 Å². The van der Waals surface area contributed by atoms with Crippen LogP contribution in [0.3, 0.4) is 0 Å². The molecular weight excluding hydrogens is 306 g/mol. The molecule has 0 aliphatic heterocycles. The first-order valence-corrected chi connectivity index (χ1v) is 8.14. The molecule has 0 spiro atoms. The van der Waals surface area contributed by atoms with Crippen LogP contribution in [0.1, 0.15) is 23.6 Å². The number of aromatic nitrogens is 1. The van der Waals surface area contributed by atoms with Gasteiger partial charge in [-0.3, -0.25) is 0 Å². The molecule has 0 radical (unpaired) electrons. The van der Waals surface area contributed by atoms with E-state index in [4.69, 9.17) is 0 Å². The minimum absolute atomic E-state index is 0.0581. The molecule has 1 aliphatic rings. The minimum Gasteiger partial charge on any atom is -0.206 e. The predicted molar refractivity (Wildman–Crippen MR) is 69.9 cm³/mol. The molecule has 0 bridgehead atoms. The van der Waals surface area contributed by atoms with Gasteiger partial charge in [0.05, 0.1) is 6.04 Å². The van der Waals surface area contributed by atoms with Gasteiger partial charge in [-0.15, -0.1) is 0 Å². The number of benzene rings is 1. The van der Waals surface area contributed by atoms with Crippen molar-refractivity contribution in [2.75, 3.05) is 0 Å². The lowest BCUT2D eigenvalue weighted by atomic mass is 10.1. The van der Waals surface area contributed by atoms with Gasteiger partial charge in [0.2, 0.25) is 0 Å². The SMILES string of the molecule is O=S(=O)(NC1CCc2ccc(F)c(F)c21)c1ccns1. The van der Waals surface area contributed by atoms with Crippen molar-refractivity contribution >= 4 is 21.6 Å². The van der Waals surface area contributed by atoms with Gasteiger partial charge >= 0.3 is 0 Å². The summed E-state index contributed by atoms with van der Waals surface area (Å²) in [5, 5.41) is 0. The van der Waals surface area contributed by atoms with Crippen LogP contribution < -0.4 is 4.72 Å². The quantitative estimate of drug-likeness (QED) is 0.946. The van der Waals surface area contributed by atoms with Crippen LogP contribution in [-0.2, 0) is 16.4 Å². The summed E-state index contributed by atoms with van der Waals surface area (Å²) in [5.41, 5.74) is 0.749. The molecule has 0 saturated heterocycles. The van der Waals surface area contributed by atoms with E-state index in [-0.39, 0.29) is 9.77 Å². The summed E-state index contributed by atoms with van der Waals surface area (Å²) in [7, 11) is -3.76.